The van der Waals surface area contributed by atoms with Crippen LogP contribution in [0, 0.1) is 5.92 Å². The molecule has 2 nitrogen and oxygen atoms in total. The fourth-order valence-corrected chi connectivity index (χ4v) is 0.568. The summed E-state index contributed by atoms with van der Waals surface area (Å²) in [6, 6.07) is 0.0486. The Morgan fingerprint density at radius 1 is 1.42 bits per heavy atom. The Kier molecular flexibility index (Phi) is 4.55. The zero-order valence-electron chi connectivity index (χ0n) is 8.10. The van der Waals surface area contributed by atoms with Gasteiger partial charge in [-0.1, -0.05) is 20.4 Å². The predicted octanol–water partition coefficient (Wildman–Crippen LogP) is 2.56. The maximum atomic E-state index is 12.5. The first-order chi connectivity index (χ1) is 5.49. The highest BCUT2D eigenvalue weighted by molar-refractivity contribution is 5.90. The van der Waals surface area contributed by atoms with E-state index < -0.39 is 5.83 Å². The van der Waals surface area contributed by atoms with Gasteiger partial charge in [-0.05, 0) is 12.8 Å². The summed E-state index contributed by atoms with van der Waals surface area (Å²) in [6.45, 7) is 9.06. The van der Waals surface area contributed by atoms with Crippen LogP contribution in [0.25, 0.3) is 0 Å². The van der Waals surface area contributed by atoms with Crippen molar-refractivity contribution in [1.29, 1.82) is 0 Å². The quantitative estimate of drug-likeness (QED) is 0.474. The van der Waals surface area contributed by atoms with Gasteiger partial charge in [0.25, 0.3) is 0 Å². The Hall–Kier alpha value is -0.860. The maximum Gasteiger partial charge on any atom is 0.245 e. The van der Waals surface area contributed by atoms with Gasteiger partial charge in [-0.3, -0.25) is 0 Å². The van der Waals surface area contributed by atoms with Crippen molar-refractivity contribution < 1.29 is 9.13 Å². The minimum absolute atomic E-state index is 0.00352. The molecule has 0 saturated carbocycles. The van der Waals surface area contributed by atoms with Crippen LogP contribution in [0.2, 0.25) is 0 Å². The van der Waals surface area contributed by atoms with E-state index in [0.717, 1.165) is 0 Å². The zero-order valence-corrected chi connectivity index (χ0v) is 8.10. The van der Waals surface area contributed by atoms with Gasteiger partial charge >= 0.3 is 0 Å². The third-order valence-corrected chi connectivity index (χ3v) is 1.71. The highest BCUT2D eigenvalue weighted by Gasteiger charge is 2.09. The molecule has 0 heterocycles. The number of ether oxygens (including phenoxy) is 1. The van der Waals surface area contributed by atoms with Crippen molar-refractivity contribution in [2.75, 3.05) is 7.11 Å². The lowest BCUT2D eigenvalue weighted by Gasteiger charge is -2.11. The van der Waals surface area contributed by atoms with E-state index in [1.165, 1.54) is 7.11 Å². The van der Waals surface area contributed by atoms with Gasteiger partial charge in [0, 0.05) is 0 Å². The van der Waals surface area contributed by atoms with E-state index in [1.54, 1.807) is 0 Å². The summed E-state index contributed by atoms with van der Waals surface area (Å²) in [5.74, 6) is -0.254. The molecule has 0 aromatic rings. The number of rotatable bonds is 3. The molecule has 0 spiro atoms. The predicted molar refractivity (Wildman–Crippen MR) is 49.0 cm³/mol. The molecular formula is C9H16FNO. The Balaban J connectivity index is 4.38. The van der Waals surface area contributed by atoms with Gasteiger partial charge in [0.2, 0.25) is 5.90 Å². The first-order valence-corrected chi connectivity index (χ1v) is 3.95. The average Bonchev–Trinajstić information content (AvgIpc) is 1.98. The van der Waals surface area contributed by atoms with Crippen molar-refractivity contribution in [2.45, 2.75) is 26.8 Å². The summed E-state index contributed by atoms with van der Waals surface area (Å²) in [6.07, 6.45) is 0. The smallest absolute Gasteiger partial charge is 0.245 e. The summed E-state index contributed by atoms with van der Waals surface area (Å²) >= 11 is 0. The van der Waals surface area contributed by atoms with Crippen LogP contribution < -0.4 is 0 Å². The Labute approximate surface area is 73.1 Å². The second-order valence-corrected chi connectivity index (χ2v) is 3.03. The molecule has 0 aliphatic rings. The van der Waals surface area contributed by atoms with Crippen LogP contribution in [0.5, 0.6) is 0 Å². The van der Waals surface area contributed by atoms with Crippen molar-refractivity contribution in [3.05, 3.63) is 12.4 Å². The number of nitrogens with zero attached hydrogens (tertiary/aromatic N) is 1. The largest absolute Gasteiger partial charge is 0.479 e. The van der Waals surface area contributed by atoms with Crippen LogP contribution in [0.15, 0.2) is 17.4 Å². The lowest BCUT2D eigenvalue weighted by Crippen LogP contribution is -2.13. The number of hydrogen-bond donors (Lipinski definition) is 0. The van der Waals surface area contributed by atoms with E-state index in [9.17, 15) is 4.39 Å². The van der Waals surface area contributed by atoms with Gasteiger partial charge in [-0.15, -0.1) is 0 Å². The van der Waals surface area contributed by atoms with E-state index in [2.05, 4.69) is 11.6 Å². The second-order valence-electron chi connectivity index (χ2n) is 3.03. The van der Waals surface area contributed by atoms with Crippen LogP contribution >= 0.6 is 0 Å². The molecule has 0 aromatic carbocycles. The number of hydrogen-bond acceptors (Lipinski definition) is 2. The van der Waals surface area contributed by atoms with Gasteiger partial charge in [0.05, 0.1) is 13.2 Å². The zero-order chi connectivity index (χ0) is 9.72. The average molecular weight is 173 g/mol. The molecule has 0 saturated heterocycles. The minimum atomic E-state index is -0.620. The molecule has 0 radical (unpaired) electrons. The van der Waals surface area contributed by atoms with E-state index in [4.69, 9.17) is 4.74 Å². The van der Waals surface area contributed by atoms with E-state index >= 15 is 0 Å². The van der Waals surface area contributed by atoms with Crippen molar-refractivity contribution >= 4 is 5.90 Å². The van der Waals surface area contributed by atoms with Gasteiger partial charge < -0.3 is 4.74 Å². The molecule has 0 rings (SSSR count). The van der Waals surface area contributed by atoms with Crippen LogP contribution in [0.4, 0.5) is 4.39 Å². The SMILES string of the molecule is C=C(F)/C(=N\C(C)C(C)C)OC. The molecule has 3 heteroatoms. The molecule has 0 aliphatic heterocycles. The van der Waals surface area contributed by atoms with Gasteiger partial charge in [0.15, 0.2) is 5.83 Å². The highest BCUT2D eigenvalue weighted by Crippen LogP contribution is 2.08. The van der Waals surface area contributed by atoms with Crippen LogP contribution in [-0.2, 0) is 4.74 Å². The van der Waals surface area contributed by atoms with Crippen LogP contribution in [0.1, 0.15) is 20.8 Å². The highest BCUT2D eigenvalue weighted by atomic mass is 19.1. The Morgan fingerprint density at radius 3 is 2.17 bits per heavy atom. The summed E-state index contributed by atoms with van der Waals surface area (Å²) in [5.41, 5.74) is 0. The molecule has 0 fully saturated rings. The fourth-order valence-electron chi connectivity index (χ4n) is 0.568. The molecule has 70 valence electrons. The lowest BCUT2D eigenvalue weighted by atomic mass is 10.1. The fraction of sp³-hybridized carbons (Fsp3) is 0.667. The first kappa shape index (κ1) is 11.1. The topological polar surface area (TPSA) is 21.6 Å². The molecule has 1 atom stereocenters. The molecule has 0 bridgehead atoms. The molecule has 0 aliphatic carbocycles. The normalized spacial score (nSPS) is 14.7. The van der Waals surface area contributed by atoms with Crippen molar-refractivity contribution in [3.63, 3.8) is 0 Å². The van der Waals surface area contributed by atoms with Gasteiger partial charge in [-0.2, -0.15) is 0 Å². The molecule has 0 N–H and O–H groups in total. The van der Waals surface area contributed by atoms with E-state index in [0.29, 0.717) is 5.92 Å². The molecule has 0 aromatic heterocycles. The summed E-state index contributed by atoms with van der Waals surface area (Å²) in [7, 11) is 1.39. The van der Waals surface area contributed by atoms with E-state index in [-0.39, 0.29) is 11.9 Å². The maximum absolute atomic E-state index is 12.5. The summed E-state index contributed by atoms with van der Waals surface area (Å²) in [5, 5.41) is 0. The molecule has 1 unspecified atom stereocenters. The monoisotopic (exact) mass is 173 g/mol. The Bertz CT molecular complexity index is 187. The molecule has 0 amide bonds. The van der Waals surface area contributed by atoms with Crippen molar-refractivity contribution in [3.8, 4) is 0 Å². The standard InChI is InChI=1S/C9H16FNO/c1-6(2)8(4)11-9(12-5)7(3)10/h6,8H,3H2,1-2,4-5H3/b11-9+. The molecule has 12 heavy (non-hydrogen) atoms. The van der Waals surface area contributed by atoms with E-state index in [1.807, 2.05) is 20.8 Å². The number of methoxy groups -OCH3 is 1. The number of aliphatic imine (C=N–C) groups is 1. The van der Waals surface area contributed by atoms with Gasteiger partial charge in [-0.25, -0.2) is 9.38 Å². The minimum Gasteiger partial charge on any atom is -0.479 e. The van der Waals surface area contributed by atoms with Crippen molar-refractivity contribution in [1.82, 2.24) is 0 Å². The first-order valence-electron chi connectivity index (χ1n) is 3.95. The number of halogens is 1. The third kappa shape index (κ3) is 3.51. The lowest BCUT2D eigenvalue weighted by molar-refractivity contribution is 0.380. The van der Waals surface area contributed by atoms with Crippen molar-refractivity contribution in [2.24, 2.45) is 10.9 Å². The second kappa shape index (κ2) is 4.91. The van der Waals surface area contributed by atoms with Crippen LogP contribution in [0.3, 0.4) is 0 Å². The summed E-state index contributed by atoms with van der Waals surface area (Å²) < 4.78 is 17.2. The Morgan fingerprint density at radius 2 is 1.92 bits per heavy atom. The molecular weight excluding hydrogens is 157 g/mol. The van der Waals surface area contributed by atoms with Crippen LogP contribution in [-0.4, -0.2) is 19.0 Å². The van der Waals surface area contributed by atoms with Gasteiger partial charge in [0.1, 0.15) is 0 Å². The summed E-state index contributed by atoms with van der Waals surface area (Å²) in [4.78, 5) is 4.01. The third-order valence-electron chi connectivity index (χ3n) is 1.71.